The Hall–Kier alpha value is -2.73. The second-order valence-corrected chi connectivity index (χ2v) is 7.96. The fraction of sp³-hybridized carbons (Fsp3) is 0.304. The molecule has 0 fully saturated rings. The van der Waals surface area contributed by atoms with Crippen LogP contribution >= 0.6 is 11.6 Å². The minimum absolute atomic E-state index is 0.0271. The van der Waals surface area contributed by atoms with Crippen molar-refractivity contribution in [1.29, 1.82) is 0 Å². The lowest BCUT2D eigenvalue weighted by Crippen LogP contribution is -2.38. The second-order valence-electron chi connectivity index (χ2n) is 7.52. The standard InChI is InChI=1S/C23H22ClF2NO3/c1-13(2)30-23(29)22-14(3)27(12-15-8-18(25)10-19(26)9-15)21(28)11-20(22)16-4-6-17(24)7-5-16/h4-10,13,20H,11-12H2,1-3H3/t20-/m0/s1. The number of rotatable bonds is 5. The number of hydrogen-bond donors (Lipinski definition) is 0. The number of carbonyl (C=O) groups is 2. The zero-order valence-electron chi connectivity index (χ0n) is 16.9. The lowest BCUT2D eigenvalue weighted by molar-refractivity contribution is -0.143. The number of nitrogens with zero attached hydrogens (tertiary/aromatic N) is 1. The molecule has 0 bridgehead atoms. The van der Waals surface area contributed by atoms with E-state index < -0.39 is 23.5 Å². The first-order chi connectivity index (χ1) is 14.2. The lowest BCUT2D eigenvalue weighted by Gasteiger charge is -2.35. The van der Waals surface area contributed by atoms with Gasteiger partial charge in [-0.1, -0.05) is 23.7 Å². The Morgan fingerprint density at radius 2 is 1.77 bits per heavy atom. The summed E-state index contributed by atoms with van der Waals surface area (Å²) in [7, 11) is 0. The van der Waals surface area contributed by atoms with Gasteiger partial charge in [-0.15, -0.1) is 0 Å². The molecule has 0 aromatic heterocycles. The molecule has 7 heteroatoms. The molecule has 0 radical (unpaired) electrons. The molecular weight excluding hydrogens is 412 g/mol. The van der Waals surface area contributed by atoms with Crippen molar-refractivity contribution in [3.05, 3.63) is 81.5 Å². The number of esters is 1. The molecule has 0 aliphatic carbocycles. The lowest BCUT2D eigenvalue weighted by atomic mass is 9.83. The molecule has 0 spiro atoms. The molecule has 2 aromatic carbocycles. The Morgan fingerprint density at radius 1 is 1.17 bits per heavy atom. The van der Waals surface area contributed by atoms with E-state index in [0.717, 1.165) is 11.6 Å². The molecule has 0 unspecified atom stereocenters. The van der Waals surface area contributed by atoms with Gasteiger partial charge in [-0.2, -0.15) is 0 Å². The van der Waals surface area contributed by atoms with Crippen molar-refractivity contribution < 1.29 is 23.1 Å². The highest BCUT2D eigenvalue weighted by Crippen LogP contribution is 2.38. The van der Waals surface area contributed by atoms with Gasteiger partial charge in [0.05, 0.1) is 18.2 Å². The van der Waals surface area contributed by atoms with E-state index in [9.17, 15) is 18.4 Å². The van der Waals surface area contributed by atoms with Crippen molar-refractivity contribution in [1.82, 2.24) is 4.90 Å². The van der Waals surface area contributed by atoms with E-state index in [2.05, 4.69) is 0 Å². The quantitative estimate of drug-likeness (QED) is 0.596. The molecule has 1 aliphatic heterocycles. The number of ether oxygens (including phenoxy) is 1. The number of carbonyl (C=O) groups excluding carboxylic acids is 2. The maximum atomic E-state index is 13.6. The van der Waals surface area contributed by atoms with E-state index in [0.29, 0.717) is 21.9 Å². The van der Waals surface area contributed by atoms with E-state index in [4.69, 9.17) is 16.3 Å². The van der Waals surface area contributed by atoms with Crippen LogP contribution in [0.5, 0.6) is 0 Å². The third kappa shape index (κ3) is 4.87. The van der Waals surface area contributed by atoms with Gasteiger partial charge in [0.2, 0.25) is 5.91 Å². The fourth-order valence-corrected chi connectivity index (χ4v) is 3.74. The third-order valence-corrected chi connectivity index (χ3v) is 5.17. The van der Waals surface area contributed by atoms with Crippen LogP contribution in [0.1, 0.15) is 44.2 Å². The first-order valence-electron chi connectivity index (χ1n) is 9.58. The first kappa shape index (κ1) is 22.0. The molecule has 1 atom stereocenters. The van der Waals surface area contributed by atoms with Crippen molar-refractivity contribution in [2.75, 3.05) is 0 Å². The van der Waals surface area contributed by atoms with Gasteiger partial charge in [0.1, 0.15) is 11.6 Å². The van der Waals surface area contributed by atoms with E-state index in [1.165, 1.54) is 17.0 Å². The van der Waals surface area contributed by atoms with Gasteiger partial charge in [0.15, 0.2) is 0 Å². The first-order valence-corrected chi connectivity index (χ1v) is 9.96. The number of hydrogen-bond acceptors (Lipinski definition) is 3. The summed E-state index contributed by atoms with van der Waals surface area (Å²) in [6, 6.07) is 10.0. The van der Waals surface area contributed by atoms with Gasteiger partial charge in [-0.05, 0) is 56.2 Å². The van der Waals surface area contributed by atoms with Crippen LogP contribution < -0.4 is 0 Å². The summed E-state index contributed by atoms with van der Waals surface area (Å²) in [5, 5.41) is 0.544. The molecule has 0 N–H and O–H groups in total. The van der Waals surface area contributed by atoms with Crippen LogP contribution in [0, 0.1) is 11.6 Å². The summed E-state index contributed by atoms with van der Waals surface area (Å²) >= 11 is 5.97. The minimum atomic E-state index is -0.727. The van der Waals surface area contributed by atoms with Crippen LogP contribution in [0.4, 0.5) is 8.78 Å². The summed E-state index contributed by atoms with van der Waals surface area (Å²) in [4.78, 5) is 27.2. The Bertz CT molecular complexity index is 982. The van der Waals surface area contributed by atoms with Crippen molar-refractivity contribution >= 4 is 23.5 Å². The van der Waals surface area contributed by atoms with Crippen LogP contribution in [-0.2, 0) is 20.9 Å². The molecule has 158 valence electrons. The van der Waals surface area contributed by atoms with E-state index in [-0.39, 0.29) is 25.0 Å². The molecule has 4 nitrogen and oxygen atoms in total. The van der Waals surface area contributed by atoms with Gasteiger partial charge in [-0.3, -0.25) is 4.79 Å². The average Bonchev–Trinajstić information content (AvgIpc) is 2.64. The van der Waals surface area contributed by atoms with Crippen LogP contribution in [0.15, 0.2) is 53.7 Å². The van der Waals surface area contributed by atoms with E-state index in [1.54, 1.807) is 45.0 Å². The van der Waals surface area contributed by atoms with Crippen molar-refractivity contribution in [2.45, 2.75) is 45.8 Å². The molecule has 2 aromatic rings. The summed E-state index contributed by atoms with van der Waals surface area (Å²) < 4.78 is 32.6. The van der Waals surface area contributed by atoms with Crippen molar-refractivity contribution in [3.8, 4) is 0 Å². The number of amides is 1. The van der Waals surface area contributed by atoms with E-state index in [1.807, 2.05) is 0 Å². The van der Waals surface area contributed by atoms with Crippen LogP contribution in [-0.4, -0.2) is 22.9 Å². The molecule has 3 rings (SSSR count). The fourth-order valence-electron chi connectivity index (χ4n) is 3.61. The normalized spacial score (nSPS) is 17.0. The van der Waals surface area contributed by atoms with Crippen LogP contribution in [0.25, 0.3) is 0 Å². The third-order valence-electron chi connectivity index (χ3n) is 4.92. The molecule has 0 saturated carbocycles. The zero-order chi connectivity index (χ0) is 22.0. The highest BCUT2D eigenvalue weighted by atomic mass is 35.5. The van der Waals surface area contributed by atoms with Crippen LogP contribution in [0.3, 0.4) is 0 Å². The van der Waals surface area contributed by atoms with E-state index >= 15 is 0 Å². The summed E-state index contributed by atoms with van der Waals surface area (Å²) in [5.41, 5.74) is 1.81. The Kier molecular flexibility index (Phi) is 6.56. The van der Waals surface area contributed by atoms with Gasteiger partial charge >= 0.3 is 5.97 Å². The van der Waals surface area contributed by atoms with Crippen molar-refractivity contribution in [2.24, 2.45) is 0 Å². The topological polar surface area (TPSA) is 46.6 Å². The highest BCUT2D eigenvalue weighted by Gasteiger charge is 2.37. The van der Waals surface area contributed by atoms with Crippen molar-refractivity contribution in [3.63, 3.8) is 0 Å². The number of allylic oxidation sites excluding steroid dienone is 1. The predicted molar refractivity (Wildman–Crippen MR) is 110 cm³/mol. The molecule has 30 heavy (non-hydrogen) atoms. The molecule has 1 aliphatic rings. The second kappa shape index (κ2) is 8.96. The monoisotopic (exact) mass is 433 g/mol. The number of benzene rings is 2. The average molecular weight is 434 g/mol. The maximum absolute atomic E-state index is 13.6. The Balaban J connectivity index is 2.04. The Labute approximate surface area is 179 Å². The highest BCUT2D eigenvalue weighted by molar-refractivity contribution is 6.30. The maximum Gasteiger partial charge on any atom is 0.336 e. The van der Waals surface area contributed by atoms with Gasteiger partial charge in [-0.25, -0.2) is 13.6 Å². The van der Waals surface area contributed by atoms with Gasteiger partial charge in [0, 0.05) is 29.1 Å². The molecule has 1 amide bonds. The molecule has 1 heterocycles. The largest absolute Gasteiger partial charge is 0.460 e. The molecule has 0 saturated heterocycles. The van der Waals surface area contributed by atoms with Gasteiger partial charge in [0.25, 0.3) is 0 Å². The SMILES string of the molecule is CC1=C(C(=O)OC(C)C)[C@H](c2ccc(Cl)cc2)CC(=O)N1Cc1cc(F)cc(F)c1. The molecular formula is C23H22ClF2NO3. The van der Waals surface area contributed by atoms with Crippen LogP contribution in [0.2, 0.25) is 5.02 Å². The minimum Gasteiger partial charge on any atom is -0.460 e. The summed E-state index contributed by atoms with van der Waals surface area (Å²) in [5.74, 6) is -2.73. The zero-order valence-corrected chi connectivity index (χ0v) is 17.7. The number of halogens is 3. The van der Waals surface area contributed by atoms with Gasteiger partial charge < -0.3 is 9.64 Å². The smallest absolute Gasteiger partial charge is 0.336 e. The predicted octanol–water partition coefficient (Wildman–Crippen LogP) is 5.36. The summed E-state index contributed by atoms with van der Waals surface area (Å²) in [6.45, 7) is 5.08. The summed E-state index contributed by atoms with van der Waals surface area (Å²) in [6.07, 6.45) is -0.314. The Morgan fingerprint density at radius 3 is 2.33 bits per heavy atom.